The van der Waals surface area contributed by atoms with Crippen LogP contribution in [0.2, 0.25) is 0 Å². The van der Waals surface area contributed by atoms with E-state index in [9.17, 15) is 0 Å². The van der Waals surface area contributed by atoms with Gasteiger partial charge in [0.2, 0.25) is 0 Å². The molecule has 0 fully saturated rings. The van der Waals surface area contributed by atoms with Gasteiger partial charge in [-0.3, -0.25) is 0 Å². The minimum absolute atomic E-state index is 0.0529. The molecule has 0 radical (unpaired) electrons. The summed E-state index contributed by atoms with van der Waals surface area (Å²) in [5.74, 6) is 0. The highest BCUT2D eigenvalue weighted by Crippen LogP contribution is 2.50. The van der Waals surface area contributed by atoms with Crippen LogP contribution in [0.1, 0.15) is 43.0 Å². The molecule has 0 saturated heterocycles. The average Bonchev–Trinajstić information content (AvgIpc) is 3.80. The van der Waals surface area contributed by atoms with Gasteiger partial charge in [0.25, 0.3) is 0 Å². The van der Waals surface area contributed by atoms with Crippen molar-refractivity contribution in [2.24, 2.45) is 0 Å². The molecule has 2 nitrogen and oxygen atoms in total. The van der Waals surface area contributed by atoms with Crippen LogP contribution in [0.25, 0.3) is 77.1 Å². The molecule has 0 N–H and O–H groups in total. The molecular weight excluding hydrogens is 641 g/mol. The Morgan fingerprint density at radius 3 is 1.91 bits per heavy atom. The predicted molar refractivity (Wildman–Crippen MR) is 224 cm³/mol. The van der Waals surface area contributed by atoms with Gasteiger partial charge in [0.05, 0.1) is 17.1 Å². The van der Waals surface area contributed by atoms with E-state index in [2.05, 4.69) is 199 Å². The zero-order valence-electron chi connectivity index (χ0n) is 29.9. The van der Waals surface area contributed by atoms with E-state index in [1.54, 1.807) is 0 Å². The van der Waals surface area contributed by atoms with Crippen LogP contribution in [0, 0.1) is 0 Å². The summed E-state index contributed by atoms with van der Waals surface area (Å²) in [5.41, 5.74) is 16.8. The molecule has 0 bridgehead atoms. The van der Waals surface area contributed by atoms with E-state index in [-0.39, 0.29) is 11.5 Å². The second-order valence-corrected chi connectivity index (χ2v) is 15.3. The molecular formula is C51H38N2. The van der Waals surface area contributed by atoms with Gasteiger partial charge in [0, 0.05) is 43.7 Å². The molecule has 9 aromatic rings. The lowest BCUT2D eigenvalue weighted by Crippen LogP contribution is -2.15. The summed E-state index contributed by atoms with van der Waals surface area (Å²) >= 11 is 0. The quantitative estimate of drug-likeness (QED) is 0.175. The molecule has 2 aliphatic rings. The van der Waals surface area contributed by atoms with Crippen molar-refractivity contribution < 1.29 is 0 Å². The fraction of sp³-hybridized carbons (Fsp3) is 0.0980. The smallest absolute Gasteiger partial charge is 0.0632 e. The van der Waals surface area contributed by atoms with Crippen molar-refractivity contribution in [2.75, 3.05) is 0 Å². The number of hydrogen-bond acceptors (Lipinski definition) is 0. The maximum Gasteiger partial charge on any atom is 0.0632 e. The highest BCUT2D eigenvalue weighted by atomic mass is 15.0. The predicted octanol–water partition coefficient (Wildman–Crippen LogP) is 13.4. The molecule has 2 heterocycles. The zero-order chi connectivity index (χ0) is 35.3. The van der Waals surface area contributed by atoms with E-state index >= 15 is 0 Å². The van der Waals surface area contributed by atoms with Crippen molar-refractivity contribution in [2.45, 2.75) is 31.7 Å². The first-order valence-electron chi connectivity index (χ1n) is 18.8. The van der Waals surface area contributed by atoms with Crippen molar-refractivity contribution in [3.8, 4) is 27.9 Å². The van der Waals surface area contributed by atoms with Crippen LogP contribution in [-0.2, 0) is 5.41 Å². The summed E-state index contributed by atoms with van der Waals surface area (Å²) in [5, 5.41) is 5.14. The van der Waals surface area contributed by atoms with Crippen LogP contribution in [-0.4, -0.2) is 9.13 Å². The Balaban J connectivity index is 1.06. The molecule has 1 atom stereocenters. The molecule has 0 aliphatic heterocycles. The standard InChI is InChI=1S/C51H38N2/c1-51(2)44-20-10-6-17-38(44)39-27-26-36(32-45(39)51)52-47-22-12-8-18-40(47)42-30-34(24-28-49(42)52)35-25-29-50-43(31-35)41-19-9-13-23-48(41)53(50)46-21-11-7-16-37(46)33-14-4-3-5-15-33/h3-20,22-32,46H,21H2,1-2H3. The van der Waals surface area contributed by atoms with Crippen LogP contribution in [0.15, 0.2) is 176 Å². The molecule has 0 spiro atoms. The Morgan fingerprint density at radius 2 is 1.09 bits per heavy atom. The van der Waals surface area contributed by atoms with Gasteiger partial charge in [0.1, 0.15) is 0 Å². The van der Waals surface area contributed by atoms with Crippen LogP contribution in [0.3, 0.4) is 0 Å². The van der Waals surface area contributed by atoms with Crippen molar-refractivity contribution in [1.29, 1.82) is 0 Å². The monoisotopic (exact) mass is 678 g/mol. The van der Waals surface area contributed by atoms with Gasteiger partial charge in [-0.15, -0.1) is 0 Å². The van der Waals surface area contributed by atoms with Gasteiger partial charge in [-0.05, 0) is 99.5 Å². The van der Waals surface area contributed by atoms with Gasteiger partial charge in [-0.1, -0.05) is 141 Å². The Labute approximate surface area is 309 Å². The summed E-state index contributed by atoms with van der Waals surface area (Å²) in [4.78, 5) is 0. The summed E-state index contributed by atoms with van der Waals surface area (Å²) < 4.78 is 5.03. The molecule has 7 aromatic carbocycles. The van der Waals surface area contributed by atoms with Gasteiger partial charge in [0.15, 0.2) is 0 Å². The Morgan fingerprint density at radius 1 is 0.491 bits per heavy atom. The van der Waals surface area contributed by atoms with Gasteiger partial charge < -0.3 is 9.13 Å². The lowest BCUT2D eigenvalue weighted by Gasteiger charge is -2.26. The number of fused-ring (bicyclic) bond motifs is 9. The van der Waals surface area contributed by atoms with Gasteiger partial charge in [-0.25, -0.2) is 0 Å². The first kappa shape index (κ1) is 30.3. The third kappa shape index (κ3) is 4.39. The zero-order valence-corrected chi connectivity index (χ0v) is 29.9. The van der Waals surface area contributed by atoms with Crippen molar-refractivity contribution in [3.05, 3.63) is 193 Å². The molecule has 0 amide bonds. The lowest BCUT2D eigenvalue weighted by atomic mass is 9.82. The molecule has 53 heavy (non-hydrogen) atoms. The minimum atomic E-state index is -0.0529. The van der Waals surface area contributed by atoms with Gasteiger partial charge >= 0.3 is 0 Å². The second-order valence-electron chi connectivity index (χ2n) is 15.3. The largest absolute Gasteiger partial charge is 0.332 e. The maximum absolute atomic E-state index is 2.57. The van der Waals surface area contributed by atoms with Crippen LogP contribution >= 0.6 is 0 Å². The molecule has 2 heteroatoms. The first-order valence-corrected chi connectivity index (χ1v) is 18.8. The maximum atomic E-state index is 2.57. The molecule has 2 aromatic heterocycles. The average molecular weight is 679 g/mol. The molecule has 1 unspecified atom stereocenters. The topological polar surface area (TPSA) is 9.86 Å². The number of nitrogens with zero attached hydrogens (tertiary/aromatic N) is 2. The van der Waals surface area contributed by atoms with E-state index < -0.39 is 0 Å². The third-order valence-corrected chi connectivity index (χ3v) is 12.1. The summed E-state index contributed by atoms with van der Waals surface area (Å²) in [6.07, 6.45) is 7.78. The van der Waals surface area contributed by atoms with Crippen molar-refractivity contribution in [1.82, 2.24) is 9.13 Å². The normalized spacial score (nSPS) is 16.0. The lowest BCUT2D eigenvalue weighted by molar-refractivity contribution is 0.660. The number of benzene rings is 7. The Bertz CT molecular complexity index is 3000. The third-order valence-electron chi connectivity index (χ3n) is 12.1. The van der Waals surface area contributed by atoms with Gasteiger partial charge in [-0.2, -0.15) is 0 Å². The van der Waals surface area contributed by atoms with Crippen molar-refractivity contribution >= 4 is 49.2 Å². The van der Waals surface area contributed by atoms with Crippen LogP contribution in [0.5, 0.6) is 0 Å². The number of rotatable bonds is 4. The number of aromatic nitrogens is 2. The Hall–Kier alpha value is -6.38. The fourth-order valence-electron chi connectivity index (χ4n) is 9.56. The van der Waals surface area contributed by atoms with E-state index in [1.807, 2.05) is 0 Å². The number of para-hydroxylation sites is 2. The molecule has 252 valence electrons. The highest BCUT2D eigenvalue weighted by Gasteiger charge is 2.35. The fourth-order valence-corrected chi connectivity index (χ4v) is 9.56. The SMILES string of the molecule is CC1(C)c2ccccc2-c2ccc(-n3c4ccccc4c4cc(-c5ccc6c(c5)c5ccccc5n6C5CC=CC=C5c5ccccc5)ccc43)cc21. The molecule has 2 aliphatic carbocycles. The highest BCUT2D eigenvalue weighted by molar-refractivity contribution is 6.12. The van der Waals surface area contributed by atoms with E-state index in [1.165, 1.54) is 93.8 Å². The minimum Gasteiger partial charge on any atom is -0.332 e. The number of hydrogen-bond donors (Lipinski definition) is 0. The molecule has 11 rings (SSSR count). The summed E-state index contributed by atoms with van der Waals surface area (Å²) in [6, 6.07) is 59.0. The second kappa shape index (κ2) is 11.3. The van der Waals surface area contributed by atoms with Crippen molar-refractivity contribution in [3.63, 3.8) is 0 Å². The van der Waals surface area contributed by atoms with E-state index in [0.717, 1.165) is 6.42 Å². The van der Waals surface area contributed by atoms with Crippen LogP contribution in [0.4, 0.5) is 0 Å². The van der Waals surface area contributed by atoms with E-state index in [0.29, 0.717) is 0 Å². The summed E-state index contributed by atoms with van der Waals surface area (Å²) in [7, 11) is 0. The first-order chi connectivity index (χ1) is 26.1. The Kier molecular flexibility index (Phi) is 6.46. The van der Waals surface area contributed by atoms with Crippen LogP contribution < -0.4 is 0 Å². The molecule has 0 saturated carbocycles. The summed E-state index contributed by atoms with van der Waals surface area (Å²) in [6.45, 7) is 4.72. The van der Waals surface area contributed by atoms with E-state index in [4.69, 9.17) is 0 Å². The number of allylic oxidation sites excluding steroid dienone is 4.